The molecule has 1 aliphatic carbocycles. The number of carbonyl (C=O) groups excluding carboxylic acids is 1. The van der Waals surface area contributed by atoms with Crippen LogP contribution in [-0.4, -0.2) is 53.7 Å². The number of aliphatic hydroxyl groups is 1. The molecule has 7 N–H and O–H groups in total. The first-order chi connectivity index (χ1) is 15.8. The van der Waals surface area contributed by atoms with Gasteiger partial charge in [-0.3, -0.25) is 4.79 Å². The van der Waals surface area contributed by atoms with Crippen LogP contribution in [0, 0.1) is 16.6 Å². The second-order valence-electron chi connectivity index (χ2n) is 7.17. The molecule has 0 radical (unpaired) electrons. The molecule has 7 nitrogen and oxygen atoms in total. The maximum Gasteiger partial charge on any atom is 0.252 e. The van der Waals surface area contributed by atoms with E-state index in [0.29, 0.717) is 12.0 Å². The van der Waals surface area contributed by atoms with Gasteiger partial charge in [0.15, 0.2) is 0 Å². The summed E-state index contributed by atoms with van der Waals surface area (Å²) in [5.74, 6) is -1.09. The summed E-state index contributed by atoms with van der Waals surface area (Å²) >= 11 is 6.40. The fourth-order valence-corrected chi connectivity index (χ4v) is 3.44. The molecule has 3 atom stereocenters. The number of hydrogen-bond acceptors (Lipinski definition) is 6. The molecule has 1 amide bonds. The average Bonchev–Trinajstić information content (AvgIpc) is 2.80. The molecule has 176 valence electrons. The van der Waals surface area contributed by atoms with Crippen molar-refractivity contribution in [3.05, 3.63) is 77.3 Å². The molecule has 1 aliphatic rings. The Hall–Kier alpha value is -3.30. The fourth-order valence-electron chi connectivity index (χ4n) is 3.11. The van der Waals surface area contributed by atoms with E-state index in [2.05, 4.69) is 10.6 Å². The topological polar surface area (TPSA) is 135 Å². The van der Waals surface area contributed by atoms with E-state index in [1.165, 1.54) is 48.7 Å². The molecule has 1 aromatic carbocycles. The summed E-state index contributed by atoms with van der Waals surface area (Å²) in [4.78, 5) is 13.0. The van der Waals surface area contributed by atoms with Crippen molar-refractivity contribution in [2.24, 2.45) is 5.73 Å². The standard InChI is InChI=1S/C23H26ClF2N5O2/c24-17-4-1-3-16(23(33)31-21(18(26)13-32)12-30-10-2-9-27)22(17)20(29)11-19(28)14-5-7-15(25)8-6-14/h1-3,5-11,17-18,21,27,29-30,32H,4,12-13,28H2,(H,31,33)/b10-2-,19-11-,27-9?,29-20?/t17?,18-,21-/m1/s1. The number of allylic oxidation sites excluding steroid dienone is 4. The first kappa shape index (κ1) is 26.0. The van der Waals surface area contributed by atoms with Gasteiger partial charge in [-0.1, -0.05) is 24.3 Å². The second-order valence-corrected chi connectivity index (χ2v) is 7.69. The molecule has 1 aromatic rings. The zero-order valence-corrected chi connectivity index (χ0v) is 18.4. The summed E-state index contributed by atoms with van der Waals surface area (Å²) in [6.45, 7) is -0.836. The van der Waals surface area contributed by atoms with Crippen LogP contribution in [0.2, 0.25) is 0 Å². The van der Waals surface area contributed by atoms with Crippen molar-refractivity contribution in [1.82, 2.24) is 10.6 Å². The lowest BCUT2D eigenvalue weighted by Gasteiger charge is -2.24. The van der Waals surface area contributed by atoms with Gasteiger partial charge in [0.1, 0.15) is 12.0 Å². The Morgan fingerprint density at radius 1 is 1.36 bits per heavy atom. The van der Waals surface area contributed by atoms with Crippen LogP contribution in [0.4, 0.5) is 8.78 Å². The zero-order valence-electron chi connectivity index (χ0n) is 17.7. The van der Waals surface area contributed by atoms with Gasteiger partial charge in [0.05, 0.1) is 23.7 Å². The Balaban J connectivity index is 2.29. The van der Waals surface area contributed by atoms with Crippen LogP contribution in [0.1, 0.15) is 12.0 Å². The van der Waals surface area contributed by atoms with E-state index in [1.807, 2.05) is 0 Å². The van der Waals surface area contributed by atoms with Gasteiger partial charge in [-0.2, -0.15) is 0 Å². The van der Waals surface area contributed by atoms with Gasteiger partial charge in [-0.25, -0.2) is 8.78 Å². The Bertz CT molecular complexity index is 989. The van der Waals surface area contributed by atoms with Gasteiger partial charge in [-0.05, 0) is 42.5 Å². The van der Waals surface area contributed by atoms with Crippen LogP contribution < -0.4 is 16.4 Å². The summed E-state index contributed by atoms with van der Waals surface area (Å²) < 4.78 is 27.4. The molecule has 0 saturated carbocycles. The van der Waals surface area contributed by atoms with Crippen molar-refractivity contribution in [3.63, 3.8) is 0 Å². The number of alkyl halides is 2. The Morgan fingerprint density at radius 2 is 2.06 bits per heavy atom. The van der Waals surface area contributed by atoms with E-state index in [4.69, 9.17) is 28.2 Å². The lowest BCUT2D eigenvalue weighted by Crippen LogP contribution is -2.49. The number of aliphatic hydroxyl groups excluding tert-OH is 1. The minimum absolute atomic E-state index is 0.0384. The van der Waals surface area contributed by atoms with E-state index >= 15 is 0 Å². The molecule has 0 aliphatic heterocycles. The van der Waals surface area contributed by atoms with Crippen molar-refractivity contribution in [1.29, 1.82) is 10.8 Å². The summed E-state index contributed by atoms with van der Waals surface area (Å²) in [7, 11) is 0. The van der Waals surface area contributed by atoms with Crippen LogP contribution in [-0.2, 0) is 4.79 Å². The highest BCUT2D eigenvalue weighted by Gasteiger charge is 2.28. The first-order valence-electron chi connectivity index (χ1n) is 10.1. The normalized spacial score (nSPS) is 18.2. The van der Waals surface area contributed by atoms with Gasteiger partial charge in [0.25, 0.3) is 5.91 Å². The van der Waals surface area contributed by atoms with Crippen LogP contribution >= 0.6 is 11.6 Å². The Labute approximate surface area is 195 Å². The van der Waals surface area contributed by atoms with Gasteiger partial charge < -0.3 is 32.3 Å². The van der Waals surface area contributed by atoms with Crippen molar-refractivity contribution in [3.8, 4) is 0 Å². The predicted molar refractivity (Wildman–Crippen MR) is 127 cm³/mol. The molecular weight excluding hydrogens is 452 g/mol. The van der Waals surface area contributed by atoms with E-state index in [1.54, 1.807) is 6.08 Å². The van der Waals surface area contributed by atoms with Gasteiger partial charge in [0, 0.05) is 29.6 Å². The quantitative estimate of drug-likeness (QED) is 0.216. The van der Waals surface area contributed by atoms with Gasteiger partial charge in [0.2, 0.25) is 0 Å². The Kier molecular flexibility index (Phi) is 9.96. The third-order valence-electron chi connectivity index (χ3n) is 4.82. The highest BCUT2D eigenvalue weighted by atomic mass is 35.5. The number of rotatable bonds is 11. The van der Waals surface area contributed by atoms with Crippen molar-refractivity contribution >= 4 is 35.1 Å². The SMILES string of the molecule is N=C/C=C\NC[C@@H](NC(=O)C1=C(C(=N)/C=C(\N)c2ccc(F)cc2)C(Cl)CC=C1)[C@H](F)CO. The molecule has 0 bridgehead atoms. The lowest BCUT2D eigenvalue weighted by molar-refractivity contribution is -0.118. The molecular formula is C23H26ClF2N5O2. The number of benzene rings is 1. The van der Waals surface area contributed by atoms with Crippen molar-refractivity contribution in [2.75, 3.05) is 13.2 Å². The van der Waals surface area contributed by atoms with Crippen LogP contribution in [0.3, 0.4) is 0 Å². The third kappa shape index (κ3) is 7.37. The fraction of sp³-hybridized carbons (Fsp3) is 0.261. The molecule has 1 unspecified atom stereocenters. The van der Waals surface area contributed by atoms with Crippen molar-refractivity contribution in [2.45, 2.75) is 24.0 Å². The maximum absolute atomic E-state index is 14.2. The number of amides is 1. The highest BCUT2D eigenvalue weighted by molar-refractivity contribution is 6.29. The summed E-state index contributed by atoms with van der Waals surface area (Å²) in [6.07, 6.45) is 6.97. The molecule has 2 rings (SSSR count). The largest absolute Gasteiger partial charge is 0.398 e. The Morgan fingerprint density at radius 3 is 2.70 bits per heavy atom. The van der Waals surface area contributed by atoms with Crippen molar-refractivity contribution < 1.29 is 18.7 Å². The van der Waals surface area contributed by atoms with Crippen LogP contribution in [0.15, 0.2) is 65.9 Å². The van der Waals surface area contributed by atoms with E-state index in [0.717, 1.165) is 6.21 Å². The molecule has 0 heterocycles. The van der Waals surface area contributed by atoms with Crippen LogP contribution in [0.5, 0.6) is 0 Å². The number of halogens is 3. The first-order valence-corrected chi connectivity index (χ1v) is 10.5. The number of hydrogen-bond donors (Lipinski definition) is 6. The number of nitrogens with one attached hydrogen (secondary N) is 4. The number of carbonyl (C=O) groups is 1. The molecule has 0 saturated heterocycles. The summed E-state index contributed by atoms with van der Waals surface area (Å²) in [6, 6.07) is 4.34. The molecule has 0 fully saturated rings. The lowest BCUT2D eigenvalue weighted by atomic mass is 9.91. The molecule has 0 spiro atoms. The van der Waals surface area contributed by atoms with E-state index in [9.17, 15) is 18.7 Å². The summed E-state index contributed by atoms with van der Waals surface area (Å²) in [5, 5.41) is 29.2. The third-order valence-corrected chi connectivity index (χ3v) is 5.22. The molecule has 0 aromatic heterocycles. The monoisotopic (exact) mass is 477 g/mol. The predicted octanol–water partition coefficient (Wildman–Crippen LogP) is 2.58. The molecule has 10 heteroatoms. The molecule has 33 heavy (non-hydrogen) atoms. The van der Waals surface area contributed by atoms with E-state index in [-0.39, 0.29) is 29.1 Å². The summed E-state index contributed by atoms with van der Waals surface area (Å²) in [5.41, 5.74) is 6.93. The van der Waals surface area contributed by atoms with E-state index < -0.39 is 35.9 Å². The average molecular weight is 478 g/mol. The second kappa shape index (κ2) is 12.7. The number of nitrogens with two attached hydrogens (primary N) is 1. The van der Waals surface area contributed by atoms with Crippen LogP contribution in [0.25, 0.3) is 5.70 Å². The van der Waals surface area contributed by atoms with Gasteiger partial charge in [-0.15, -0.1) is 11.6 Å². The minimum Gasteiger partial charge on any atom is -0.398 e. The zero-order chi connectivity index (χ0) is 24.4. The maximum atomic E-state index is 14.2. The minimum atomic E-state index is -1.74. The smallest absolute Gasteiger partial charge is 0.252 e. The van der Waals surface area contributed by atoms with Gasteiger partial charge >= 0.3 is 0 Å². The highest BCUT2D eigenvalue weighted by Crippen LogP contribution is 2.27.